The summed E-state index contributed by atoms with van der Waals surface area (Å²) in [4.78, 5) is 11.3. The van der Waals surface area contributed by atoms with E-state index in [4.69, 9.17) is 19.2 Å². The molecule has 1 atom stereocenters. The quantitative estimate of drug-likeness (QED) is 0.235. The normalized spacial score (nSPS) is 19.8. The Labute approximate surface area is 245 Å². The number of nitrogens with zero attached hydrogens (tertiary/aromatic N) is 3. The summed E-state index contributed by atoms with van der Waals surface area (Å²) >= 11 is 0. The van der Waals surface area contributed by atoms with E-state index < -0.39 is 11.4 Å². The predicted molar refractivity (Wildman–Crippen MR) is 161 cm³/mol. The number of β-amino-alcohol motifs (C(OH)–C–C–N with tert-alkyl or cyclic N) is 1. The lowest BCUT2D eigenvalue weighted by Crippen LogP contribution is -2.46. The number of aliphatic hydroxyl groups excluding tert-OH is 1. The van der Waals surface area contributed by atoms with Gasteiger partial charge in [0.05, 0.1) is 18.8 Å². The van der Waals surface area contributed by atoms with Gasteiger partial charge in [-0.05, 0) is 79.1 Å². The fourth-order valence-electron chi connectivity index (χ4n) is 5.98. The molecule has 0 unspecified atom stereocenters. The van der Waals surface area contributed by atoms with Gasteiger partial charge in [-0.25, -0.2) is 4.39 Å². The Morgan fingerprint density at radius 2 is 1.88 bits per heavy atom. The van der Waals surface area contributed by atoms with Crippen LogP contribution in [0.25, 0.3) is 32.8 Å². The number of aliphatic hydroxyl groups is 2. The predicted octanol–water partition coefficient (Wildman–Crippen LogP) is 5.64. The SMILES string of the molecule is CCc1cccc2cc(OCOC)cc(-c3ccc4c(N5CCC[C@@](C)(O)C5)nc(OCC5(CO)CC5)nc4c3F)c12. The average Bonchev–Trinajstić information content (AvgIpc) is 3.78. The Bertz CT molecular complexity index is 1620. The molecule has 0 bridgehead atoms. The van der Waals surface area contributed by atoms with Crippen molar-refractivity contribution < 1.29 is 28.8 Å². The number of hydrogen-bond acceptors (Lipinski definition) is 8. The van der Waals surface area contributed by atoms with Crippen LogP contribution in [-0.2, 0) is 11.2 Å². The lowest BCUT2D eigenvalue weighted by atomic mass is 9.92. The van der Waals surface area contributed by atoms with Gasteiger partial charge in [0, 0.05) is 36.6 Å². The van der Waals surface area contributed by atoms with Crippen LogP contribution in [0.15, 0.2) is 42.5 Å². The Morgan fingerprint density at radius 1 is 1.05 bits per heavy atom. The smallest absolute Gasteiger partial charge is 0.319 e. The number of methoxy groups -OCH3 is 1. The first-order valence-electron chi connectivity index (χ1n) is 14.7. The van der Waals surface area contributed by atoms with Crippen molar-refractivity contribution in [2.45, 2.75) is 51.6 Å². The number of halogens is 1. The molecule has 42 heavy (non-hydrogen) atoms. The topological polar surface area (TPSA) is 97.2 Å². The maximum Gasteiger partial charge on any atom is 0.319 e. The largest absolute Gasteiger partial charge is 0.468 e. The summed E-state index contributed by atoms with van der Waals surface area (Å²) in [5, 5.41) is 23.1. The first kappa shape index (κ1) is 28.6. The monoisotopic (exact) mass is 575 g/mol. The molecule has 0 radical (unpaired) electrons. The van der Waals surface area contributed by atoms with Crippen LogP contribution >= 0.6 is 0 Å². The van der Waals surface area contributed by atoms with Crippen molar-refractivity contribution in [3.63, 3.8) is 0 Å². The molecule has 1 aliphatic carbocycles. The Kier molecular flexibility index (Phi) is 7.68. The number of benzene rings is 3. The second kappa shape index (κ2) is 11.3. The molecule has 2 heterocycles. The molecule has 9 heteroatoms. The highest BCUT2D eigenvalue weighted by atomic mass is 19.1. The van der Waals surface area contributed by atoms with Crippen LogP contribution in [0.1, 0.15) is 45.1 Å². The Balaban J connectivity index is 1.53. The minimum Gasteiger partial charge on any atom is -0.468 e. The molecule has 222 valence electrons. The first-order valence-corrected chi connectivity index (χ1v) is 14.7. The zero-order valence-electron chi connectivity index (χ0n) is 24.5. The van der Waals surface area contributed by atoms with Crippen LogP contribution in [0.5, 0.6) is 11.8 Å². The molecule has 2 N–H and O–H groups in total. The minimum absolute atomic E-state index is 0.0231. The Morgan fingerprint density at radius 3 is 2.60 bits per heavy atom. The third-order valence-electron chi connectivity index (χ3n) is 8.59. The fraction of sp³-hybridized carbons (Fsp3) is 0.455. The molecular weight excluding hydrogens is 537 g/mol. The summed E-state index contributed by atoms with van der Waals surface area (Å²) in [5.41, 5.74) is 1.18. The van der Waals surface area contributed by atoms with Crippen molar-refractivity contribution >= 4 is 27.5 Å². The summed E-state index contributed by atoms with van der Waals surface area (Å²) in [6.07, 6.45) is 3.98. The van der Waals surface area contributed by atoms with Crippen LogP contribution in [0.4, 0.5) is 10.2 Å². The molecule has 0 amide bonds. The van der Waals surface area contributed by atoms with Gasteiger partial charge in [-0.1, -0.05) is 31.2 Å². The van der Waals surface area contributed by atoms with Crippen LogP contribution in [0.2, 0.25) is 0 Å². The number of ether oxygens (including phenoxy) is 3. The second-order valence-corrected chi connectivity index (χ2v) is 12.0. The molecule has 0 spiro atoms. The standard InChI is InChI=1S/C33H38FN3O5/c1-4-21-7-5-8-22-15-23(42-20-40-3)16-26(27(21)22)24-9-10-25-29(28(24)34)35-31(41-19-33(18-38)12-13-33)36-30(25)37-14-6-11-32(2,39)17-37/h5,7-10,15-16,38-39H,4,6,11-14,17-20H2,1-3H3/t32-/m1/s1. The van der Waals surface area contributed by atoms with Crippen molar-refractivity contribution in [2.24, 2.45) is 5.41 Å². The van der Waals surface area contributed by atoms with Gasteiger partial charge >= 0.3 is 6.01 Å². The van der Waals surface area contributed by atoms with E-state index in [0.29, 0.717) is 47.6 Å². The third-order valence-corrected chi connectivity index (χ3v) is 8.59. The average molecular weight is 576 g/mol. The van der Waals surface area contributed by atoms with Gasteiger partial charge in [-0.15, -0.1) is 0 Å². The minimum atomic E-state index is -0.887. The molecule has 1 saturated carbocycles. The molecule has 2 fully saturated rings. The summed E-state index contributed by atoms with van der Waals surface area (Å²) in [6, 6.07) is 13.6. The van der Waals surface area contributed by atoms with E-state index in [1.807, 2.05) is 42.2 Å². The molecule has 8 nitrogen and oxygen atoms in total. The highest BCUT2D eigenvalue weighted by Gasteiger charge is 2.43. The fourth-order valence-corrected chi connectivity index (χ4v) is 5.98. The summed E-state index contributed by atoms with van der Waals surface area (Å²) < 4.78 is 33.8. The maximum absolute atomic E-state index is 16.8. The van der Waals surface area contributed by atoms with Crippen molar-refractivity contribution in [3.8, 4) is 22.9 Å². The number of fused-ring (bicyclic) bond motifs is 2. The summed E-state index contributed by atoms with van der Waals surface area (Å²) in [6.45, 7) is 5.30. The van der Waals surface area contributed by atoms with Crippen LogP contribution < -0.4 is 14.4 Å². The lowest BCUT2D eigenvalue weighted by Gasteiger charge is -2.38. The number of hydrogen-bond donors (Lipinski definition) is 2. The highest BCUT2D eigenvalue weighted by Crippen LogP contribution is 2.45. The lowest BCUT2D eigenvalue weighted by molar-refractivity contribution is 0.0447. The second-order valence-electron chi connectivity index (χ2n) is 12.0. The van der Waals surface area contributed by atoms with E-state index in [9.17, 15) is 10.2 Å². The first-order chi connectivity index (χ1) is 20.3. The van der Waals surface area contributed by atoms with E-state index in [1.54, 1.807) is 13.2 Å². The number of rotatable bonds is 10. The van der Waals surface area contributed by atoms with Gasteiger partial charge < -0.3 is 29.3 Å². The van der Waals surface area contributed by atoms with Crippen molar-refractivity contribution in [1.82, 2.24) is 9.97 Å². The zero-order chi connectivity index (χ0) is 29.5. The van der Waals surface area contributed by atoms with Crippen molar-refractivity contribution in [1.29, 1.82) is 0 Å². The van der Waals surface area contributed by atoms with Gasteiger partial charge in [0.25, 0.3) is 0 Å². The van der Waals surface area contributed by atoms with Crippen LogP contribution in [0.3, 0.4) is 0 Å². The molecule has 6 rings (SSSR count). The molecule has 1 aromatic heterocycles. The van der Waals surface area contributed by atoms with Gasteiger partial charge in [-0.2, -0.15) is 9.97 Å². The Hall–Kier alpha value is -3.53. The number of anilines is 1. The van der Waals surface area contributed by atoms with E-state index in [0.717, 1.165) is 42.0 Å². The summed E-state index contributed by atoms with van der Waals surface area (Å²) in [7, 11) is 1.56. The summed E-state index contributed by atoms with van der Waals surface area (Å²) in [5.74, 6) is 0.628. The van der Waals surface area contributed by atoms with Gasteiger partial charge in [-0.3, -0.25) is 0 Å². The molecule has 1 aliphatic heterocycles. The van der Waals surface area contributed by atoms with Gasteiger partial charge in [0.1, 0.15) is 17.1 Å². The molecular formula is C33H38FN3O5. The maximum atomic E-state index is 16.8. The van der Waals surface area contributed by atoms with E-state index in [1.165, 1.54) is 0 Å². The zero-order valence-corrected chi connectivity index (χ0v) is 24.5. The highest BCUT2D eigenvalue weighted by molar-refractivity contribution is 6.03. The van der Waals surface area contributed by atoms with E-state index >= 15 is 4.39 Å². The molecule has 4 aromatic rings. The molecule has 1 saturated heterocycles. The third kappa shape index (κ3) is 5.48. The van der Waals surface area contributed by atoms with Crippen LogP contribution in [0, 0.1) is 11.2 Å². The van der Waals surface area contributed by atoms with Gasteiger partial charge in [0.15, 0.2) is 12.6 Å². The number of aromatic nitrogens is 2. The van der Waals surface area contributed by atoms with Crippen LogP contribution in [-0.4, -0.2) is 66.0 Å². The van der Waals surface area contributed by atoms with Crippen molar-refractivity contribution in [3.05, 3.63) is 53.8 Å². The van der Waals surface area contributed by atoms with Gasteiger partial charge in [0.2, 0.25) is 0 Å². The molecule has 2 aliphatic rings. The number of aryl methyl sites for hydroxylation is 1. The van der Waals surface area contributed by atoms with E-state index in [-0.39, 0.29) is 36.9 Å². The number of piperidine rings is 1. The molecule has 3 aromatic carbocycles. The van der Waals surface area contributed by atoms with Crippen molar-refractivity contribution in [2.75, 3.05) is 45.1 Å². The van der Waals surface area contributed by atoms with E-state index in [2.05, 4.69) is 18.0 Å².